The van der Waals surface area contributed by atoms with E-state index in [0.29, 0.717) is 5.92 Å². The van der Waals surface area contributed by atoms with Crippen molar-refractivity contribution < 1.29 is 0 Å². The Kier molecular flexibility index (Phi) is 2.92. The molecule has 0 bridgehead atoms. The van der Waals surface area contributed by atoms with Crippen LogP contribution in [0.4, 0.5) is 5.69 Å². The highest BCUT2D eigenvalue weighted by molar-refractivity contribution is 5.49. The Morgan fingerprint density at radius 2 is 2.00 bits per heavy atom. The lowest BCUT2D eigenvalue weighted by atomic mass is 9.99. The maximum Gasteiger partial charge on any atom is 0.0352 e. The van der Waals surface area contributed by atoms with Crippen LogP contribution in [0.2, 0.25) is 0 Å². The largest absolute Gasteiger partial charge is 0.398 e. The van der Waals surface area contributed by atoms with Gasteiger partial charge in [0.25, 0.3) is 0 Å². The van der Waals surface area contributed by atoms with Crippen LogP contribution in [0.25, 0.3) is 0 Å². The average Bonchev–Trinajstić information content (AvgIpc) is 2.05. The molecule has 0 aliphatic carbocycles. The molecule has 12 heavy (non-hydrogen) atoms. The minimum Gasteiger partial charge on any atom is -0.398 e. The zero-order valence-corrected chi connectivity index (χ0v) is 7.62. The zero-order chi connectivity index (χ0) is 8.97. The van der Waals surface area contributed by atoms with Crippen molar-refractivity contribution >= 4 is 5.69 Å². The second-order valence-corrected chi connectivity index (χ2v) is 2.94. The van der Waals surface area contributed by atoms with Crippen LogP contribution in [-0.4, -0.2) is 0 Å². The van der Waals surface area contributed by atoms with Crippen LogP contribution in [0.5, 0.6) is 0 Å². The molecule has 0 aliphatic rings. The summed E-state index contributed by atoms with van der Waals surface area (Å²) >= 11 is 0. The number of allylic oxidation sites excluding steroid dienone is 2. The molecule has 0 amide bonds. The fourth-order valence-corrected chi connectivity index (χ4v) is 1.32. The number of para-hydroxylation sites is 1. The van der Waals surface area contributed by atoms with Crippen molar-refractivity contribution in [1.82, 2.24) is 0 Å². The summed E-state index contributed by atoms with van der Waals surface area (Å²) in [5, 5.41) is 0. The van der Waals surface area contributed by atoms with Crippen LogP contribution in [0.15, 0.2) is 36.4 Å². The van der Waals surface area contributed by atoms with Gasteiger partial charge in [-0.15, -0.1) is 0 Å². The van der Waals surface area contributed by atoms with E-state index in [4.69, 9.17) is 5.73 Å². The molecule has 1 atom stereocenters. The van der Waals surface area contributed by atoms with E-state index in [1.165, 1.54) is 5.56 Å². The molecule has 0 spiro atoms. The Hall–Kier alpha value is -1.24. The van der Waals surface area contributed by atoms with Crippen LogP contribution in [0, 0.1) is 0 Å². The lowest BCUT2D eigenvalue weighted by molar-refractivity contribution is 0.969. The summed E-state index contributed by atoms with van der Waals surface area (Å²) in [6, 6.07) is 7.99. The molecule has 2 N–H and O–H groups in total. The van der Waals surface area contributed by atoms with E-state index in [1.54, 1.807) is 0 Å². The molecule has 0 saturated carbocycles. The van der Waals surface area contributed by atoms with Crippen molar-refractivity contribution in [2.45, 2.75) is 19.8 Å². The highest BCUT2D eigenvalue weighted by Crippen LogP contribution is 2.22. The maximum absolute atomic E-state index is 5.82. The standard InChI is InChI=1S/C11H15N/c1-3-6-9(2)10-7-4-5-8-11(10)12/h3-9H,12H2,1-2H3/b6-3+. The Morgan fingerprint density at radius 3 is 2.58 bits per heavy atom. The summed E-state index contributed by atoms with van der Waals surface area (Å²) in [5.41, 5.74) is 7.90. The molecule has 1 rings (SSSR count). The van der Waals surface area contributed by atoms with Gasteiger partial charge in [0.2, 0.25) is 0 Å². The molecule has 0 heterocycles. The molecule has 0 aromatic heterocycles. The van der Waals surface area contributed by atoms with Gasteiger partial charge in [-0.25, -0.2) is 0 Å². The van der Waals surface area contributed by atoms with Crippen LogP contribution in [-0.2, 0) is 0 Å². The normalized spacial score (nSPS) is 13.5. The molecule has 64 valence electrons. The topological polar surface area (TPSA) is 26.0 Å². The summed E-state index contributed by atoms with van der Waals surface area (Å²) < 4.78 is 0. The van der Waals surface area contributed by atoms with Gasteiger partial charge in [-0.1, -0.05) is 37.3 Å². The molecule has 0 aliphatic heterocycles. The summed E-state index contributed by atoms with van der Waals surface area (Å²) in [7, 11) is 0. The number of benzene rings is 1. The Bertz CT molecular complexity index is 276. The molecule has 0 radical (unpaired) electrons. The second-order valence-electron chi connectivity index (χ2n) is 2.94. The second kappa shape index (κ2) is 3.96. The smallest absolute Gasteiger partial charge is 0.0352 e. The molecule has 1 aromatic carbocycles. The number of hydrogen-bond acceptors (Lipinski definition) is 1. The molecule has 1 unspecified atom stereocenters. The Morgan fingerprint density at radius 1 is 1.33 bits per heavy atom. The highest BCUT2D eigenvalue weighted by Gasteiger charge is 2.03. The monoisotopic (exact) mass is 161 g/mol. The Balaban J connectivity index is 2.94. The number of hydrogen-bond donors (Lipinski definition) is 1. The fraction of sp³-hybridized carbons (Fsp3) is 0.273. The van der Waals surface area contributed by atoms with Crippen molar-refractivity contribution in [3.8, 4) is 0 Å². The maximum atomic E-state index is 5.82. The van der Waals surface area contributed by atoms with Crippen LogP contribution < -0.4 is 5.73 Å². The average molecular weight is 161 g/mol. The summed E-state index contributed by atoms with van der Waals surface area (Å²) in [5.74, 6) is 0.413. The first-order valence-corrected chi connectivity index (χ1v) is 4.23. The molecular weight excluding hydrogens is 146 g/mol. The number of nitrogens with two attached hydrogens (primary N) is 1. The quantitative estimate of drug-likeness (QED) is 0.523. The predicted octanol–water partition coefficient (Wildman–Crippen LogP) is 2.95. The van der Waals surface area contributed by atoms with Crippen LogP contribution in [0.3, 0.4) is 0 Å². The molecule has 0 fully saturated rings. The lowest BCUT2D eigenvalue weighted by Crippen LogP contribution is -1.96. The van der Waals surface area contributed by atoms with Gasteiger partial charge in [0, 0.05) is 11.6 Å². The summed E-state index contributed by atoms with van der Waals surface area (Å²) in [6.45, 7) is 4.17. The summed E-state index contributed by atoms with van der Waals surface area (Å²) in [4.78, 5) is 0. The lowest BCUT2D eigenvalue weighted by Gasteiger charge is -2.08. The first-order chi connectivity index (χ1) is 5.75. The van der Waals surface area contributed by atoms with Gasteiger partial charge in [0.15, 0.2) is 0 Å². The van der Waals surface area contributed by atoms with Crippen molar-refractivity contribution in [3.05, 3.63) is 42.0 Å². The number of nitrogen functional groups attached to an aromatic ring is 1. The van der Waals surface area contributed by atoms with E-state index < -0.39 is 0 Å². The third-order valence-corrected chi connectivity index (χ3v) is 1.97. The molecular formula is C11H15N. The van der Waals surface area contributed by atoms with Gasteiger partial charge in [0.05, 0.1) is 0 Å². The van der Waals surface area contributed by atoms with E-state index in [9.17, 15) is 0 Å². The van der Waals surface area contributed by atoms with Crippen LogP contribution >= 0.6 is 0 Å². The molecule has 1 aromatic rings. The highest BCUT2D eigenvalue weighted by atomic mass is 14.6. The van der Waals surface area contributed by atoms with E-state index >= 15 is 0 Å². The third-order valence-electron chi connectivity index (χ3n) is 1.97. The zero-order valence-electron chi connectivity index (χ0n) is 7.62. The van der Waals surface area contributed by atoms with Crippen LogP contribution in [0.1, 0.15) is 25.3 Å². The SMILES string of the molecule is C/C=C/C(C)c1ccccc1N. The third kappa shape index (κ3) is 1.88. The van der Waals surface area contributed by atoms with Gasteiger partial charge in [-0.2, -0.15) is 0 Å². The van der Waals surface area contributed by atoms with Gasteiger partial charge in [0.1, 0.15) is 0 Å². The van der Waals surface area contributed by atoms with Crippen molar-refractivity contribution in [3.63, 3.8) is 0 Å². The summed E-state index contributed by atoms with van der Waals surface area (Å²) in [6.07, 6.45) is 4.20. The van der Waals surface area contributed by atoms with E-state index in [-0.39, 0.29) is 0 Å². The van der Waals surface area contributed by atoms with Crippen molar-refractivity contribution in [1.29, 1.82) is 0 Å². The number of anilines is 1. The van der Waals surface area contributed by atoms with Crippen molar-refractivity contribution in [2.24, 2.45) is 0 Å². The molecule has 0 saturated heterocycles. The first kappa shape index (κ1) is 8.85. The molecule has 1 nitrogen and oxygen atoms in total. The van der Waals surface area contributed by atoms with Gasteiger partial charge in [-0.05, 0) is 18.6 Å². The minimum absolute atomic E-state index is 0.413. The minimum atomic E-state index is 0.413. The molecule has 1 heteroatoms. The fourth-order valence-electron chi connectivity index (χ4n) is 1.32. The van der Waals surface area contributed by atoms with Gasteiger partial charge in [-0.3, -0.25) is 0 Å². The van der Waals surface area contributed by atoms with E-state index in [1.807, 2.05) is 25.1 Å². The van der Waals surface area contributed by atoms with E-state index in [0.717, 1.165) is 5.69 Å². The number of rotatable bonds is 2. The predicted molar refractivity (Wildman–Crippen MR) is 54.1 cm³/mol. The van der Waals surface area contributed by atoms with Crippen molar-refractivity contribution in [2.75, 3.05) is 5.73 Å². The van der Waals surface area contributed by atoms with Gasteiger partial charge >= 0.3 is 0 Å². The Labute approximate surface area is 73.9 Å². The first-order valence-electron chi connectivity index (χ1n) is 4.23. The van der Waals surface area contributed by atoms with Gasteiger partial charge < -0.3 is 5.73 Å². The van der Waals surface area contributed by atoms with E-state index in [2.05, 4.69) is 25.1 Å².